The van der Waals surface area contributed by atoms with Gasteiger partial charge in [0.1, 0.15) is 6.54 Å². The normalized spacial score (nSPS) is 11.9. The van der Waals surface area contributed by atoms with E-state index in [1.54, 1.807) is 4.40 Å². The second-order valence-corrected chi connectivity index (χ2v) is 6.72. The average Bonchev–Trinajstić information content (AvgIpc) is 3.01. The summed E-state index contributed by atoms with van der Waals surface area (Å²) in [5.74, 6) is -0.287. The quantitative estimate of drug-likeness (QED) is 0.740. The fourth-order valence-corrected chi connectivity index (χ4v) is 3.17. The number of aromatic nitrogens is 5. The average molecular weight is 347 g/mol. The summed E-state index contributed by atoms with van der Waals surface area (Å²) in [6, 6.07) is 0. The molecule has 0 saturated heterocycles. The van der Waals surface area contributed by atoms with Gasteiger partial charge in [-0.05, 0) is 19.8 Å². The fraction of sp³-hybridized carbons (Fsp3) is 0.500. The highest BCUT2D eigenvalue weighted by Gasteiger charge is 2.23. The molecule has 0 fully saturated rings. The molecule has 0 radical (unpaired) electrons. The summed E-state index contributed by atoms with van der Waals surface area (Å²) in [5, 5.41) is 9.01. The Hall–Kier alpha value is -2.84. The van der Waals surface area contributed by atoms with Gasteiger partial charge in [0.15, 0.2) is 11.2 Å². The molecule has 9 heteroatoms. The van der Waals surface area contributed by atoms with Crippen LogP contribution >= 0.6 is 0 Å². The number of rotatable bonds is 4. The van der Waals surface area contributed by atoms with E-state index in [0.29, 0.717) is 11.7 Å². The molecule has 25 heavy (non-hydrogen) atoms. The van der Waals surface area contributed by atoms with Gasteiger partial charge in [0, 0.05) is 25.0 Å². The van der Waals surface area contributed by atoms with Gasteiger partial charge in [-0.15, -0.1) is 0 Å². The monoisotopic (exact) mass is 347 g/mol. The molecule has 3 aromatic heterocycles. The van der Waals surface area contributed by atoms with Crippen LogP contribution in [0.2, 0.25) is 0 Å². The second kappa shape index (κ2) is 5.61. The molecule has 3 heterocycles. The molecule has 0 bridgehead atoms. The topological polar surface area (TPSA) is 104 Å². The highest BCUT2D eigenvalue weighted by atomic mass is 16.4. The van der Waals surface area contributed by atoms with Crippen molar-refractivity contribution in [2.75, 3.05) is 0 Å². The number of imidazole rings is 2. The molecular weight excluding hydrogens is 326 g/mol. The molecule has 0 aliphatic carbocycles. The molecule has 0 aromatic carbocycles. The van der Waals surface area contributed by atoms with Crippen molar-refractivity contribution in [3.63, 3.8) is 0 Å². The van der Waals surface area contributed by atoms with Crippen molar-refractivity contribution in [2.24, 2.45) is 13.0 Å². The zero-order valence-corrected chi connectivity index (χ0v) is 14.9. The molecule has 0 amide bonds. The second-order valence-electron chi connectivity index (χ2n) is 6.72. The Kier molecular flexibility index (Phi) is 3.81. The van der Waals surface area contributed by atoms with Crippen molar-refractivity contribution in [3.05, 3.63) is 32.2 Å². The first-order chi connectivity index (χ1) is 11.6. The smallest absolute Gasteiger partial charge is 0.333 e. The first-order valence-corrected chi connectivity index (χ1v) is 8.04. The number of hydrogen-bond acceptors (Lipinski definition) is 4. The Balaban J connectivity index is 2.51. The lowest BCUT2D eigenvalue weighted by Crippen LogP contribution is -2.41. The van der Waals surface area contributed by atoms with Crippen molar-refractivity contribution >= 4 is 22.9 Å². The van der Waals surface area contributed by atoms with E-state index >= 15 is 0 Å². The third-order valence-electron chi connectivity index (χ3n) is 4.47. The van der Waals surface area contributed by atoms with Crippen LogP contribution in [0.5, 0.6) is 0 Å². The predicted molar refractivity (Wildman–Crippen MR) is 92.1 cm³/mol. The lowest BCUT2D eigenvalue weighted by molar-refractivity contribution is -0.137. The maximum absolute atomic E-state index is 12.8. The minimum absolute atomic E-state index is 0.224. The van der Waals surface area contributed by atoms with Gasteiger partial charge in [0.2, 0.25) is 5.78 Å². The van der Waals surface area contributed by atoms with Gasteiger partial charge in [-0.25, -0.2) is 9.36 Å². The van der Waals surface area contributed by atoms with Gasteiger partial charge in [-0.2, -0.15) is 4.98 Å². The lowest BCUT2D eigenvalue weighted by atomic mass is 10.2. The van der Waals surface area contributed by atoms with Gasteiger partial charge in [-0.3, -0.25) is 18.6 Å². The van der Waals surface area contributed by atoms with E-state index in [-0.39, 0.29) is 11.2 Å². The number of aryl methyl sites for hydroxylation is 2. The molecule has 0 aliphatic rings. The number of nitrogens with zero attached hydrogens (tertiary/aromatic N) is 5. The molecule has 3 aromatic rings. The summed E-state index contributed by atoms with van der Waals surface area (Å²) in [6.45, 7) is 8.05. The summed E-state index contributed by atoms with van der Waals surface area (Å²) in [7, 11) is 1.49. The summed E-state index contributed by atoms with van der Waals surface area (Å²) in [4.78, 5) is 40.7. The van der Waals surface area contributed by atoms with Crippen LogP contribution in [-0.4, -0.2) is 34.2 Å². The van der Waals surface area contributed by atoms with E-state index in [1.807, 2.05) is 18.4 Å². The lowest BCUT2D eigenvalue weighted by Gasteiger charge is -2.09. The third-order valence-corrected chi connectivity index (χ3v) is 4.47. The van der Waals surface area contributed by atoms with Gasteiger partial charge in [0.05, 0.1) is 0 Å². The maximum atomic E-state index is 12.8. The van der Waals surface area contributed by atoms with Crippen LogP contribution in [0, 0.1) is 19.8 Å². The van der Waals surface area contributed by atoms with Crippen LogP contribution in [0.15, 0.2) is 9.59 Å². The molecule has 0 atom stereocenters. The Labute approximate surface area is 142 Å². The number of hydrogen-bond donors (Lipinski definition) is 1. The van der Waals surface area contributed by atoms with E-state index < -0.39 is 23.8 Å². The molecule has 0 saturated carbocycles. The summed E-state index contributed by atoms with van der Waals surface area (Å²) < 4.78 is 5.69. The van der Waals surface area contributed by atoms with E-state index in [2.05, 4.69) is 18.8 Å². The number of fused-ring (bicyclic) bond motifs is 3. The highest BCUT2D eigenvalue weighted by Crippen LogP contribution is 2.21. The van der Waals surface area contributed by atoms with Crippen molar-refractivity contribution in [3.8, 4) is 0 Å². The van der Waals surface area contributed by atoms with Crippen LogP contribution in [0.4, 0.5) is 0 Å². The Morgan fingerprint density at radius 3 is 2.36 bits per heavy atom. The van der Waals surface area contributed by atoms with Crippen molar-refractivity contribution in [1.29, 1.82) is 0 Å². The molecule has 0 unspecified atom stereocenters. The summed E-state index contributed by atoms with van der Waals surface area (Å²) in [6.07, 6.45) is 0. The Morgan fingerprint density at radius 2 is 1.80 bits per heavy atom. The minimum Gasteiger partial charge on any atom is -0.480 e. The molecule has 0 aliphatic heterocycles. The van der Waals surface area contributed by atoms with E-state index in [4.69, 9.17) is 5.11 Å². The predicted octanol–water partition coefficient (Wildman–Crippen LogP) is 0.507. The van der Waals surface area contributed by atoms with Crippen LogP contribution in [-0.2, 0) is 24.9 Å². The van der Waals surface area contributed by atoms with Crippen LogP contribution < -0.4 is 11.2 Å². The van der Waals surface area contributed by atoms with Crippen molar-refractivity contribution in [1.82, 2.24) is 23.1 Å². The van der Waals surface area contributed by atoms with Crippen LogP contribution in [0.25, 0.3) is 16.9 Å². The van der Waals surface area contributed by atoms with Crippen LogP contribution in [0.3, 0.4) is 0 Å². The number of aliphatic carboxylic acids is 1. The third kappa shape index (κ3) is 2.38. The first kappa shape index (κ1) is 17.0. The molecule has 1 N–H and O–H groups in total. The number of carbonyl (C=O) groups is 1. The zero-order chi connectivity index (χ0) is 18.6. The van der Waals surface area contributed by atoms with Gasteiger partial charge in [0.25, 0.3) is 5.56 Å². The van der Waals surface area contributed by atoms with E-state index in [0.717, 1.165) is 22.5 Å². The van der Waals surface area contributed by atoms with Gasteiger partial charge < -0.3 is 9.67 Å². The summed E-state index contributed by atoms with van der Waals surface area (Å²) >= 11 is 0. The molecule has 0 spiro atoms. The number of carboxylic acid groups (broad SMARTS) is 1. The standard InChI is InChI=1S/C16H21N5O4/c1-8(2)6-19-9(3)10(4)21-12-13(17-15(19)21)18(5)16(25)20(14(12)24)7-11(22)23/h8H,6-7H2,1-5H3,(H,22,23). The first-order valence-electron chi connectivity index (χ1n) is 8.04. The van der Waals surface area contributed by atoms with Gasteiger partial charge >= 0.3 is 11.7 Å². The SMILES string of the molecule is Cc1c(C)n2c3c(=O)n(CC(=O)O)c(=O)n(C)c3nc2n1CC(C)C. The minimum atomic E-state index is -1.25. The van der Waals surface area contributed by atoms with Crippen LogP contribution in [0.1, 0.15) is 25.2 Å². The number of carboxylic acids is 1. The van der Waals surface area contributed by atoms with Crippen molar-refractivity contribution in [2.45, 2.75) is 40.8 Å². The molecule has 134 valence electrons. The maximum Gasteiger partial charge on any atom is 0.333 e. The summed E-state index contributed by atoms with van der Waals surface area (Å²) in [5.41, 5.74) is 0.976. The van der Waals surface area contributed by atoms with E-state index in [1.165, 1.54) is 11.6 Å². The molecule has 9 nitrogen and oxygen atoms in total. The largest absolute Gasteiger partial charge is 0.480 e. The Morgan fingerprint density at radius 1 is 1.16 bits per heavy atom. The highest BCUT2D eigenvalue weighted by molar-refractivity contribution is 5.77. The van der Waals surface area contributed by atoms with E-state index in [9.17, 15) is 14.4 Å². The zero-order valence-electron chi connectivity index (χ0n) is 14.9. The fourth-order valence-electron chi connectivity index (χ4n) is 3.17. The Bertz CT molecular complexity index is 1130. The molecule has 3 rings (SSSR count). The van der Waals surface area contributed by atoms with Gasteiger partial charge in [-0.1, -0.05) is 13.8 Å². The molecular formula is C16H21N5O4. The van der Waals surface area contributed by atoms with Crippen molar-refractivity contribution < 1.29 is 9.90 Å².